The monoisotopic (exact) mass is 613 g/mol. The highest BCUT2D eigenvalue weighted by Crippen LogP contribution is 2.43. The van der Waals surface area contributed by atoms with Gasteiger partial charge in [0, 0.05) is 38.2 Å². The zero-order chi connectivity index (χ0) is 31.5. The Morgan fingerprint density at radius 3 is 1.79 bits per heavy atom. The van der Waals surface area contributed by atoms with Gasteiger partial charge in [-0.3, -0.25) is 0 Å². The summed E-state index contributed by atoms with van der Waals surface area (Å²) < 4.78 is 26.6. The first kappa shape index (κ1) is 27.0. The normalized spacial score (nSPS) is 11.6. The van der Waals surface area contributed by atoms with E-state index in [9.17, 15) is 0 Å². The van der Waals surface area contributed by atoms with E-state index in [1.165, 1.54) is 0 Å². The lowest BCUT2D eigenvalue weighted by Gasteiger charge is -2.09. The van der Waals surface area contributed by atoms with Crippen molar-refractivity contribution in [1.29, 1.82) is 0 Å². The molecule has 0 spiro atoms. The first-order valence-corrected chi connectivity index (χ1v) is 15.3. The van der Waals surface area contributed by atoms with E-state index >= 15 is 0 Å². The molecule has 47 heavy (non-hydrogen) atoms. The number of fused-ring (bicyclic) bond motifs is 6. The van der Waals surface area contributed by atoms with Crippen molar-refractivity contribution in [3.8, 4) is 51.2 Å². The zero-order valence-corrected chi connectivity index (χ0v) is 25.6. The van der Waals surface area contributed by atoms with Crippen LogP contribution in [0.3, 0.4) is 0 Å². The number of hydrogen-bond donors (Lipinski definition) is 0. The minimum Gasteiger partial charge on any atom is -0.497 e. The second-order valence-electron chi connectivity index (χ2n) is 11.4. The maximum atomic E-state index is 6.91. The Hall–Kier alpha value is -6.34. The molecule has 0 N–H and O–H groups in total. The van der Waals surface area contributed by atoms with E-state index in [0.29, 0.717) is 11.8 Å². The average molecular weight is 614 g/mol. The van der Waals surface area contributed by atoms with E-state index in [1.807, 2.05) is 60.7 Å². The van der Waals surface area contributed by atoms with E-state index in [4.69, 9.17) is 18.3 Å². The van der Waals surface area contributed by atoms with Crippen LogP contribution >= 0.6 is 0 Å². The number of hydrogen-bond acceptors (Lipinski definition) is 6. The summed E-state index contributed by atoms with van der Waals surface area (Å²) in [7, 11) is 3.37. The molecule has 7 heteroatoms. The van der Waals surface area contributed by atoms with Crippen molar-refractivity contribution < 1.29 is 18.3 Å². The highest BCUT2D eigenvalue weighted by atomic mass is 16.5. The largest absolute Gasteiger partial charge is 0.497 e. The standard InChI is InChI=1S/C40H27N3O4/c1-44-25-18-20-34-32(22-25)33-23-26(45-2)19-21-35(33)43(34)36-17-9-16-30-29-15-8-14-28(37(29)46-38(30)36)27-12-6-7-13-31(27)40-42-41-39(47-40)24-10-4-3-5-11-24/h3-23H,1-2H3. The highest BCUT2D eigenvalue weighted by molar-refractivity contribution is 6.15. The van der Waals surface area contributed by atoms with Gasteiger partial charge in [-0.1, -0.05) is 66.7 Å². The van der Waals surface area contributed by atoms with Gasteiger partial charge in [0.25, 0.3) is 0 Å². The summed E-state index contributed by atoms with van der Waals surface area (Å²) in [4.78, 5) is 0. The van der Waals surface area contributed by atoms with Crippen LogP contribution in [-0.2, 0) is 0 Å². The molecule has 0 fully saturated rings. The fourth-order valence-corrected chi connectivity index (χ4v) is 6.62. The fourth-order valence-electron chi connectivity index (χ4n) is 6.62. The number of methoxy groups -OCH3 is 2. The number of benzene rings is 6. The van der Waals surface area contributed by atoms with Gasteiger partial charge in [-0.15, -0.1) is 10.2 Å². The topological polar surface area (TPSA) is 75.5 Å². The molecule has 0 atom stereocenters. The molecule has 0 saturated carbocycles. The van der Waals surface area contributed by atoms with E-state index in [2.05, 4.69) is 81.5 Å². The maximum absolute atomic E-state index is 6.91. The van der Waals surface area contributed by atoms with E-state index < -0.39 is 0 Å². The Balaban J connectivity index is 1.26. The summed E-state index contributed by atoms with van der Waals surface area (Å²) in [6.45, 7) is 0. The van der Waals surface area contributed by atoms with Gasteiger partial charge >= 0.3 is 0 Å². The number of rotatable bonds is 6. The SMILES string of the molecule is COc1ccc2c(c1)c1cc(OC)ccc1n2-c1cccc2c1oc1c(-c3ccccc3-c3nnc(-c4ccccc4)o3)cccc12. The fraction of sp³-hybridized carbons (Fsp3) is 0.0500. The number of furan rings is 1. The first-order chi connectivity index (χ1) is 23.2. The second kappa shape index (κ2) is 10.6. The van der Waals surface area contributed by atoms with Crippen molar-refractivity contribution in [2.75, 3.05) is 14.2 Å². The van der Waals surface area contributed by atoms with E-state index in [1.54, 1.807) is 14.2 Å². The zero-order valence-electron chi connectivity index (χ0n) is 25.6. The number of nitrogens with zero attached hydrogens (tertiary/aromatic N) is 3. The summed E-state index contributed by atoms with van der Waals surface area (Å²) in [6, 6.07) is 42.7. The Morgan fingerprint density at radius 2 is 1.09 bits per heavy atom. The molecule has 3 aromatic heterocycles. The van der Waals surface area contributed by atoms with Crippen molar-refractivity contribution >= 4 is 43.7 Å². The van der Waals surface area contributed by atoms with Crippen molar-refractivity contribution in [3.05, 3.63) is 127 Å². The summed E-state index contributed by atoms with van der Waals surface area (Å²) in [5.74, 6) is 2.51. The summed E-state index contributed by atoms with van der Waals surface area (Å²) in [5.41, 5.74) is 8.19. The molecule has 0 unspecified atom stereocenters. The van der Waals surface area contributed by atoms with Crippen LogP contribution in [-0.4, -0.2) is 29.0 Å². The molecule has 0 amide bonds. The van der Waals surface area contributed by atoms with Crippen LogP contribution in [0.1, 0.15) is 0 Å². The molecule has 0 radical (unpaired) electrons. The van der Waals surface area contributed by atoms with Crippen LogP contribution in [0.25, 0.3) is 83.5 Å². The summed E-state index contributed by atoms with van der Waals surface area (Å²) in [6.07, 6.45) is 0. The van der Waals surface area contributed by atoms with Gasteiger partial charge in [-0.05, 0) is 66.2 Å². The van der Waals surface area contributed by atoms with Gasteiger partial charge in [-0.25, -0.2) is 0 Å². The third-order valence-electron chi connectivity index (χ3n) is 8.82. The number of aromatic nitrogens is 3. The molecule has 0 aliphatic rings. The molecule has 0 saturated heterocycles. The van der Waals surface area contributed by atoms with Crippen LogP contribution < -0.4 is 9.47 Å². The van der Waals surface area contributed by atoms with Crippen molar-refractivity contribution in [1.82, 2.24) is 14.8 Å². The summed E-state index contributed by atoms with van der Waals surface area (Å²) in [5, 5.41) is 13.0. The molecule has 0 aliphatic heterocycles. The van der Waals surface area contributed by atoms with Crippen LogP contribution in [0.5, 0.6) is 11.5 Å². The predicted octanol–water partition coefficient (Wildman–Crippen LogP) is 10.1. The van der Waals surface area contributed by atoms with Crippen molar-refractivity contribution in [3.63, 3.8) is 0 Å². The molecule has 0 bridgehead atoms. The molecule has 9 rings (SSSR count). The third-order valence-corrected chi connectivity index (χ3v) is 8.82. The van der Waals surface area contributed by atoms with Crippen molar-refractivity contribution in [2.45, 2.75) is 0 Å². The van der Waals surface area contributed by atoms with E-state index in [0.717, 1.165) is 83.2 Å². The predicted molar refractivity (Wildman–Crippen MR) is 185 cm³/mol. The van der Waals surface area contributed by atoms with Crippen LogP contribution in [0.4, 0.5) is 0 Å². The molecule has 3 heterocycles. The Labute approximate surface area is 269 Å². The van der Waals surface area contributed by atoms with Crippen LogP contribution in [0, 0.1) is 0 Å². The van der Waals surface area contributed by atoms with Gasteiger partial charge in [0.2, 0.25) is 11.8 Å². The Bertz CT molecular complexity index is 2550. The van der Waals surface area contributed by atoms with Crippen LogP contribution in [0.2, 0.25) is 0 Å². The van der Waals surface area contributed by atoms with Gasteiger partial charge in [0.15, 0.2) is 5.58 Å². The van der Waals surface area contributed by atoms with Gasteiger partial charge < -0.3 is 22.9 Å². The molecule has 9 aromatic rings. The lowest BCUT2D eigenvalue weighted by atomic mass is 9.97. The highest BCUT2D eigenvalue weighted by Gasteiger charge is 2.22. The molecule has 6 aromatic carbocycles. The Kier molecular flexibility index (Phi) is 6.11. The lowest BCUT2D eigenvalue weighted by Crippen LogP contribution is -1.94. The third kappa shape index (κ3) is 4.20. The minimum atomic E-state index is 0.449. The maximum Gasteiger partial charge on any atom is 0.248 e. The lowest BCUT2D eigenvalue weighted by molar-refractivity contribution is 0.415. The van der Waals surface area contributed by atoms with Gasteiger partial charge in [-0.2, -0.15) is 0 Å². The molecular formula is C40H27N3O4. The number of para-hydroxylation sites is 2. The van der Waals surface area contributed by atoms with Gasteiger partial charge in [0.1, 0.15) is 17.1 Å². The summed E-state index contributed by atoms with van der Waals surface area (Å²) >= 11 is 0. The second-order valence-corrected chi connectivity index (χ2v) is 11.4. The molecular weight excluding hydrogens is 586 g/mol. The molecule has 7 nitrogen and oxygen atoms in total. The smallest absolute Gasteiger partial charge is 0.248 e. The van der Waals surface area contributed by atoms with E-state index in [-0.39, 0.29) is 0 Å². The van der Waals surface area contributed by atoms with Crippen molar-refractivity contribution in [2.24, 2.45) is 0 Å². The first-order valence-electron chi connectivity index (χ1n) is 15.3. The minimum absolute atomic E-state index is 0.449. The Morgan fingerprint density at radius 1 is 0.489 bits per heavy atom. The van der Waals surface area contributed by atoms with Gasteiger partial charge in [0.05, 0.1) is 30.9 Å². The molecule has 0 aliphatic carbocycles. The average Bonchev–Trinajstić information content (AvgIpc) is 3.86. The van der Waals surface area contributed by atoms with Crippen LogP contribution in [0.15, 0.2) is 136 Å². The molecule has 226 valence electrons. The quantitative estimate of drug-likeness (QED) is 0.186. The number of ether oxygens (including phenoxy) is 2.